The number of rotatable bonds is 4. The van der Waals surface area contributed by atoms with Crippen molar-refractivity contribution in [3.8, 4) is 6.07 Å². The molecule has 0 spiro atoms. The third-order valence-electron chi connectivity index (χ3n) is 1.90. The molecule has 18 heavy (non-hydrogen) atoms. The number of benzene rings is 1. The van der Waals surface area contributed by atoms with E-state index in [1.165, 1.54) is 6.07 Å². The van der Waals surface area contributed by atoms with Gasteiger partial charge in [0.2, 0.25) is 0 Å². The minimum Gasteiger partial charge on any atom is -0.447 e. The first-order valence-corrected chi connectivity index (χ1v) is 4.81. The van der Waals surface area contributed by atoms with Gasteiger partial charge in [-0.2, -0.15) is 5.26 Å². The van der Waals surface area contributed by atoms with E-state index in [0.29, 0.717) is 0 Å². The van der Waals surface area contributed by atoms with Crippen molar-refractivity contribution in [2.45, 2.75) is 0 Å². The fourth-order valence-corrected chi connectivity index (χ4v) is 1.13. The predicted molar refractivity (Wildman–Crippen MR) is 59.9 cm³/mol. The van der Waals surface area contributed by atoms with Gasteiger partial charge in [0.1, 0.15) is 12.7 Å². The molecule has 1 rings (SSSR count). The lowest BCUT2D eigenvalue weighted by molar-refractivity contribution is -0.384. The van der Waals surface area contributed by atoms with Gasteiger partial charge in [0, 0.05) is 12.1 Å². The molecule has 8 heteroatoms. The molecule has 0 heterocycles. The summed E-state index contributed by atoms with van der Waals surface area (Å²) in [6.45, 7) is -0.501. The highest BCUT2D eigenvalue weighted by Gasteiger charge is 2.12. The molecule has 0 bridgehead atoms. The summed E-state index contributed by atoms with van der Waals surface area (Å²) in [5, 5.41) is 30.0. The maximum atomic E-state index is 11.2. The average Bonchev–Trinajstić information content (AvgIpc) is 2.36. The molecule has 0 aliphatic heterocycles. The van der Waals surface area contributed by atoms with E-state index in [-0.39, 0.29) is 30.2 Å². The van der Waals surface area contributed by atoms with Gasteiger partial charge in [-0.25, -0.2) is 4.79 Å². The molecule has 0 radical (unpaired) electrons. The lowest BCUT2D eigenvalue weighted by Gasteiger charge is -2.06. The fraction of sp³-hybridized carbons (Fsp3) is 0.200. The van der Waals surface area contributed by atoms with Crippen LogP contribution in [0.4, 0.5) is 16.2 Å². The summed E-state index contributed by atoms with van der Waals surface area (Å²) in [6.07, 6.45) is -0.852. The van der Waals surface area contributed by atoms with Crippen LogP contribution >= 0.6 is 0 Å². The van der Waals surface area contributed by atoms with Crippen LogP contribution in [0.5, 0.6) is 0 Å². The van der Waals surface area contributed by atoms with Crippen LogP contribution in [0.1, 0.15) is 5.56 Å². The van der Waals surface area contributed by atoms with Crippen LogP contribution < -0.4 is 5.32 Å². The minimum atomic E-state index is -0.852. The summed E-state index contributed by atoms with van der Waals surface area (Å²) < 4.78 is 4.53. The molecule has 8 nitrogen and oxygen atoms in total. The molecule has 0 aliphatic rings. The first-order chi connectivity index (χ1) is 8.58. The van der Waals surface area contributed by atoms with Crippen LogP contribution in [0.2, 0.25) is 0 Å². The number of hydrogen-bond acceptors (Lipinski definition) is 6. The van der Waals surface area contributed by atoms with Crippen molar-refractivity contribution in [1.29, 1.82) is 5.26 Å². The number of hydrogen-bond donors (Lipinski definition) is 2. The van der Waals surface area contributed by atoms with E-state index in [0.717, 1.165) is 12.1 Å². The van der Waals surface area contributed by atoms with E-state index in [1.54, 1.807) is 6.07 Å². The third kappa shape index (κ3) is 3.43. The largest absolute Gasteiger partial charge is 0.447 e. The Balaban J connectivity index is 2.87. The van der Waals surface area contributed by atoms with Crippen LogP contribution in [-0.4, -0.2) is 29.3 Å². The summed E-state index contributed by atoms with van der Waals surface area (Å²) in [5.74, 6) is 0. The van der Waals surface area contributed by atoms with Gasteiger partial charge < -0.3 is 9.84 Å². The Labute approximate surface area is 102 Å². The van der Waals surface area contributed by atoms with E-state index in [9.17, 15) is 14.9 Å². The normalized spacial score (nSPS) is 9.33. The standard InChI is InChI=1S/C10H9N3O5/c11-6-7-5-8(13(16)17)1-2-9(7)12-10(15)18-4-3-14/h1-2,5,14H,3-4H2,(H,12,15). The van der Waals surface area contributed by atoms with Crippen LogP contribution in [0, 0.1) is 21.4 Å². The Morgan fingerprint density at radius 2 is 2.33 bits per heavy atom. The summed E-state index contributed by atoms with van der Waals surface area (Å²) >= 11 is 0. The topological polar surface area (TPSA) is 125 Å². The lowest BCUT2D eigenvalue weighted by atomic mass is 10.2. The number of amides is 1. The molecular weight excluding hydrogens is 242 g/mol. The van der Waals surface area contributed by atoms with Gasteiger partial charge in [-0.3, -0.25) is 15.4 Å². The quantitative estimate of drug-likeness (QED) is 0.607. The van der Waals surface area contributed by atoms with Gasteiger partial charge in [0.05, 0.1) is 22.8 Å². The van der Waals surface area contributed by atoms with E-state index in [1.807, 2.05) is 0 Å². The van der Waals surface area contributed by atoms with Gasteiger partial charge in [-0.1, -0.05) is 0 Å². The molecule has 1 amide bonds. The van der Waals surface area contributed by atoms with E-state index in [4.69, 9.17) is 10.4 Å². The predicted octanol–water partition coefficient (Wildman–Crippen LogP) is 1.01. The van der Waals surface area contributed by atoms with Crippen molar-refractivity contribution < 1.29 is 19.6 Å². The van der Waals surface area contributed by atoms with Gasteiger partial charge in [-0.15, -0.1) is 0 Å². The Hall–Kier alpha value is -2.66. The van der Waals surface area contributed by atoms with Crippen LogP contribution in [0.15, 0.2) is 18.2 Å². The molecule has 0 atom stereocenters. The second-order valence-electron chi connectivity index (χ2n) is 3.08. The van der Waals surface area contributed by atoms with Crippen molar-refractivity contribution in [3.05, 3.63) is 33.9 Å². The van der Waals surface area contributed by atoms with Crippen molar-refractivity contribution in [3.63, 3.8) is 0 Å². The number of nitro benzene ring substituents is 1. The maximum Gasteiger partial charge on any atom is 0.411 e. The number of nitriles is 1. The monoisotopic (exact) mass is 251 g/mol. The zero-order valence-corrected chi connectivity index (χ0v) is 9.12. The lowest BCUT2D eigenvalue weighted by Crippen LogP contribution is -2.16. The molecule has 0 saturated carbocycles. The number of ether oxygens (including phenoxy) is 1. The molecule has 0 unspecified atom stereocenters. The van der Waals surface area contributed by atoms with Crippen molar-refractivity contribution in [2.24, 2.45) is 0 Å². The van der Waals surface area contributed by atoms with E-state index >= 15 is 0 Å². The Kier molecular flexibility index (Phi) is 4.59. The molecule has 0 aromatic heterocycles. The second-order valence-corrected chi connectivity index (χ2v) is 3.08. The van der Waals surface area contributed by atoms with Gasteiger partial charge in [-0.05, 0) is 6.07 Å². The Morgan fingerprint density at radius 3 is 2.89 bits per heavy atom. The number of nitrogens with zero attached hydrogens (tertiary/aromatic N) is 2. The number of carbonyl (C=O) groups excluding carboxylic acids is 1. The SMILES string of the molecule is N#Cc1cc([N+](=O)[O-])ccc1NC(=O)OCCO. The average molecular weight is 251 g/mol. The fourth-order valence-electron chi connectivity index (χ4n) is 1.13. The highest BCUT2D eigenvalue weighted by atomic mass is 16.6. The van der Waals surface area contributed by atoms with Crippen molar-refractivity contribution in [2.75, 3.05) is 18.5 Å². The second kappa shape index (κ2) is 6.17. The Bertz CT molecular complexity index is 509. The summed E-state index contributed by atoms with van der Waals surface area (Å²) in [5.41, 5.74) is -0.197. The molecule has 2 N–H and O–H groups in total. The molecule has 0 fully saturated rings. The molecule has 0 aliphatic carbocycles. The number of carbonyl (C=O) groups is 1. The minimum absolute atomic E-state index is 0.0508. The number of nitrogens with one attached hydrogen (secondary N) is 1. The smallest absolute Gasteiger partial charge is 0.411 e. The van der Waals surface area contributed by atoms with Gasteiger partial charge >= 0.3 is 6.09 Å². The number of aliphatic hydroxyl groups excluding tert-OH is 1. The third-order valence-corrected chi connectivity index (χ3v) is 1.90. The Morgan fingerprint density at radius 1 is 1.61 bits per heavy atom. The van der Waals surface area contributed by atoms with Gasteiger partial charge in [0.25, 0.3) is 5.69 Å². The molecule has 94 valence electrons. The van der Waals surface area contributed by atoms with E-state index in [2.05, 4.69) is 10.1 Å². The molecular formula is C10H9N3O5. The van der Waals surface area contributed by atoms with E-state index < -0.39 is 11.0 Å². The van der Waals surface area contributed by atoms with Crippen molar-refractivity contribution >= 4 is 17.5 Å². The first kappa shape index (κ1) is 13.4. The van der Waals surface area contributed by atoms with Crippen LogP contribution in [0.25, 0.3) is 0 Å². The molecule has 1 aromatic rings. The number of anilines is 1. The first-order valence-electron chi connectivity index (χ1n) is 4.81. The van der Waals surface area contributed by atoms with Crippen LogP contribution in [-0.2, 0) is 4.74 Å². The van der Waals surface area contributed by atoms with Gasteiger partial charge in [0.15, 0.2) is 0 Å². The highest BCUT2D eigenvalue weighted by Crippen LogP contribution is 2.21. The number of aliphatic hydroxyl groups is 1. The maximum absolute atomic E-state index is 11.2. The number of nitro groups is 1. The van der Waals surface area contributed by atoms with Crippen molar-refractivity contribution in [1.82, 2.24) is 0 Å². The zero-order chi connectivity index (χ0) is 13.5. The summed E-state index contributed by atoms with van der Waals surface area (Å²) in [7, 11) is 0. The van der Waals surface area contributed by atoms with Crippen LogP contribution in [0.3, 0.4) is 0 Å². The number of non-ortho nitro benzene ring substituents is 1. The molecule has 1 aromatic carbocycles. The highest BCUT2D eigenvalue weighted by molar-refractivity contribution is 5.86. The summed E-state index contributed by atoms with van der Waals surface area (Å²) in [4.78, 5) is 21.0. The zero-order valence-electron chi connectivity index (χ0n) is 9.12. The summed E-state index contributed by atoms with van der Waals surface area (Å²) in [6, 6.07) is 5.16. The molecule has 0 saturated heterocycles.